The van der Waals surface area contributed by atoms with Crippen molar-refractivity contribution in [2.45, 2.75) is 92.1 Å². The number of carbonyl (C=O) groups is 5. The number of alkyl carbamates (subject to hydrolysis) is 1. The van der Waals surface area contributed by atoms with Crippen LogP contribution in [0.2, 0.25) is 0 Å². The number of esters is 1. The van der Waals surface area contributed by atoms with Gasteiger partial charge in [-0.3, -0.25) is 29.2 Å². The van der Waals surface area contributed by atoms with Crippen molar-refractivity contribution < 1.29 is 42.9 Å². The topological polar surface area (TPSA) is 201 Å². The van der Waals surface area contributed by atoms with Gasteiger partial charge >= 0.3 is 12.1 Å². The zero-order valence-electron chi connectivity index (χ0n) is 41.9. The highest BCUT2D eigenvalue weighted by Gasteiger charge is 2.41. The number of H-pyrrole nitrogens is 2. The number of fused-ring (bicyclic) bond motifs is 8. The van der Waals surface area contributed by atoms with E-state index in [1.165, 1.54) is 11.0 Å². The molecule has 0 aliphatic carbocycles. The van der Waals surface area contributed by atoms with E-state index >= 15 is 4.79 Å². The van der Waals surface area contributed by atoms with Crippen LogP contribution >= 0.6 is 15.9 Å². The highest BCUT2D eigenvalue weighted by atomic mass is 79.9. The number of allylic oxidation sites excluding steroid dienone is 2. The number of ether oxygens (including phenoxy) is 4. The summed E-state index contributed by atoms with van der Waals surface area (Å²) in [5.41, 5.74) is 9.52. The van der Waals surface area contributed by atoms with E-state index in [1.54, 1.807) is 38.8 Å². The lowest BCUT2D eigenvalue weighted by atomic mass is 9.84. The molecule has 4 aliphatic rings. The van der Waals surface area contributed by atoms with Crippen molar-refractivity contribution >= 4 is 85.0 Å². The first kappa shape index (κ1) is 52.1. The number of nitrogens with one attached hydrogen (secondary N) is 3. The normalized spacial score (nSPS) is 17.4. The Kier molecular flexibility index (Phi) is 16.8. The average molecular weight is 1030 g/mol. The van der Waals surface area contributed by atoms with Crippen molar-refractivity contribution in [1.82, 2.24) is 40.0 Å². The number of morpholine rings is 1. The predicted octanol–water partition coefficient (Wildman–Crippen LogP) is 7.82. The van der Waals surface area contributed by atoms with Crippen LogP contribution in [0.25, 0.3) is 39.3 Å². The van der Waals surface area contributed by atoms with Gasteiger partial charge in [0.2, 0.25) is 5.91 Å². The van der Waals surface area contributed by atoms with E-state index in [9.17, 15) is 19.2 Å². The van der Waals surface area contributed by atoms with Crippen LogP contribution in [0.4, 0.5) is 4.79 Å². The van der Waals surface area contributed by atoms with Crippen LogP contribution in [0.5, 0.6) is 0 Å². The van der Waals surface area contributed by atoms with E-state index in [2.05, 4.69) is 43.0 Å². The molecular weight excluding hydrogens is 961 g/mol. The first-order chi connectivity index (χ1) is 33.4. The molecule has 7 rings (SSSR count). The van der Waals surface area contributed by atoms with Gasteiger partial charge in [0, 0.05) is 104 Å². The largest absolute Gasteiger partial charge is 0.460 e. The summed E-state index contributed by atoms with van der Waals surface area (Å²) in [6.07, 6.45) is 3.74. The summed E-state index contributed by atoms with van der Waals surface area (Å²) in [5.74, 6) is -2.18. The summed E-state index contributed by atoms with van der Waals surface area (Å²) in [5, 5.41) is 3.40. The number of imide groups is 1. The molecule has 0 spiro atoms. The number of hydrogen-bond acceptors (Lipinski definition) is 12. The van der Waals surface area contributed by atoms with Gasteiger partial charge in [0.15, 0.2) is 0 Å². The Morgan fingerprint density at radius 2 is 1.66 bits per heavy atom. The van der Waals surface area contributed by atoms with E-state index in [0.717, 1.165) is 44.7 Å². The quantitative estimate of drug-likeness (QED) is 0.0390. The Bertz CT molecular complexity index is 2750. The Balaban J connectivity index is 1.37. The molecule has 17 nitrogen and oxygen atoms in total. The second kappa shape index (κ2) is 22.6. The molecule has 18 heteroatoms. The number of amides is 4. The summed E-state index contributed by atoms with van der Waals surface area (Å²) in [6.45, 7) is 19.9. The van der Waals surface area contributed by atoms with Crippen LogP contribution in [0.1, 0.15) is 133 Å². The maximum Gasteiger partial charge on any atom is 0.407 e. The average Bonchev–Trinajstić information content (AvgIpc) is 3.99. The lowest BCUT2D eigenvalue weighted by molar-refractivity contribution is -0.139. The molecule has 0 saturated carbocycles. The molecule has 376 valence electrons. The number of nitrogens with zero attached hydrogens (tertiary/aromatic N) is 5. The minimum absolute atomic E-state index is 0.116. The minimum Gasteiger partial charge on any atom is -0.460 e. The van der Waals surface area contributed by atoms with E-state index in [0.29, 0.717) is 96.7 Å². The molecule has 3 N–H and O–H groups in total. The van der Waals surface area contributed by atoms with Crippen LogP contribution < -0.4 is 5.32 Å². The number of aryl methyl sites for hydroxylation is 2. The molecule has 8 bridgehead atoms. The molecule has 3 aromatic rings. The molecule has 1 saturated heterocycles. The lowest BCUT2D eigenvalue weighted by Gasteiger charge is -2.31. The number of alkyl halides is 1. The Morgan fingerprint density at radius 1 is 0.943 bits per heavy atom. The highest BCUT2D eigenvalue weighted by Crippen LogP contribution is 2.44. The highest BCUT2D eigenvalue weighted by molar-refractivity contribution is 9.09. The third-order valence-corrected chi connectivity index (χ3v) is 13.7. The van der Waals surface area contributed by atoms with Gasteiger partial charge in [-0.05, 0) is 101 Å². The fraction of sp³-hybridized carbons (Fsp3) is 0.519. The Labute approximate surface area is 417 Å². The number of likely N-dealkylation sites (N-methyl/N-ethyl adjacent to an activating group) is 1. The number of aromatic amines is 2. The number of halogens is 1. The summed E-state index contributed by atoms with van der Waals surface area (Å²) in [7, 11) is 1.69. The van der Waals surface area contributed by atoms with E-state index < -0.39 is 29.5 Å². The molecule has 2 atom stereocenters. The molecule has 0 unspecified atom stereocenters. The number of hydrogen-bond donors (Lipinski definition) is 3. The Hall–Kier alpha value is -5.69. The van der Waals surface area contributed by atoms with E-state index in [1.807, 2.05) is 45.9 Å². The summed E-state index contributed by atoms with van der Waals surface area (Å²) < 4.78 is 21.8. The Morgan fingerprint density at radius 3 is 2.37 bits per heavy atom. The van der Waals surface area contributed by atoms with Gasteiger partial charge in [-0.25, -0.2) is 14.6 Å². The van der Waals surface area contributed by atoms with Gasteiger partial charge in [0.25, 0.3) is 11.8 Å². The molecule has 1 fully saturated rings. The first-order valence-corrected chi connectivity index (χ1v) is 25.4. The number of rotatable bonds is 17. The number of aromatic nitrogens is 4. The number of carbonyl (C=O) groups excluding carboxylic acids is 5. The van der Waals surface area contributed by atoms with Crippen molar-refractivity contribution in [1.29, 1.82) is 0 Å². The zero-order chi connectivity index (χ0) is 50.4. The second-order valence-electron chi connectivity index (χ2n) is 19.2. The second-order valence-corrected chi connectivity index (χ2v) is 20.0. The minimum atomic E-state index is -0.657. The smallest absolute Gasteiger partial charge is 0.407 e. The molecule has 70 heavy (non-hydrogen) atoms. The molecule has 4 aliphatic heterocycles. The summed E-state index contributed by atoms with van der Waals surface area (Å²) in [4.78, 5) is 91.8. The van der Waals surface area contributed by atoms with E-state index in [4.69, 9.17) is 28.9 Å². The summed E-state index contributed by atoms with van der Waals surface area (Å²) >= 11 is 3.33. The van der Waals surface area contributed by atoms with Crippen molar-refractivity contribution in [2.24, 2.45) is 0 Å². The van der Waals surface area contributed by atoms with Gasteiger partial charge in [0.05, 0.1) is 60.2 Å². The van der Waals surface area contributed by atoms with Crippen molar-refractivity contribution in [2.75, 3.05) is 84.7 Å². The van der Waals surface area contributed by atoms with Crippen LogP contribution in [0, 0.1) is 13.8 Å². The van der Waals surface area contributed by atoms with Crippen LogP contribution in [-0.4, -0.2) is 155 Å². The van der Waals surface area contributed by atoms with Gasteiger partial charge < -0.3 is 39.1 Å². The van der Waals surface area contributed by atoms with E-state index in [-0.39, 0.29) is 57.0 Å². The predicted molar refractivity (Wildman–Crippen MR) is 273 cm³/mol. The molecule has 7 heterocycles. The SMILES string of the molecule is CCC1=C(C)c2cc3[nH]c(cc4nc(c5c6[nH]c(cc1n2)c(C)c6C(=O)N(CCN1CCOCC1)C5=O)[C@@H](CCC(=O)N(C)CCNC(=O)OC(C)(C)C)[C@@H]4C)c(C)c3/C=C/C(=O)OCCOCCBr. The fourth-order valence-electron chi connectivity index (χ4n) is 9.42. The third-order valence-electron chi connectivity index (χ3n) is 13.4. The fourth-order valence-corrected chi connectivity index (χ4v) is 9.65. The zero-order valence-corrected chi connectivity index (χ0v) is 43.5. The van der Waals surface area contributed by atoms with Gasteiger partial charge in [0.1, 0.15) is 12.2 Å². The maximum atomic E-state index is 15.2. The lowest BCUT2D eigenvalue weighted by Crippen LogP contribution is -2.47. The van der Waals surface area contributed by atoms with Crippen molar-refractivity contribution in [3.8, 4) is 0 Å². The summed E-state index contributed by atoms with van der Waals surface area (Å²) in [6, 6.07) is 5.91. The van der Waals surface area contributed by atoms with Crippen LogP contribution in [0.15, 0.2) is 24.3 Å². The molecule has 0 aromatic carbocycles. The standard InChI is InChI=1S/C52H67BrN8O9/c1-10-34-30(2)38-28-42-35(12-14-44(63)69-26-25-67-22-15-53)31(3)37(56-42)27-39-32(4)36(11-13-43(62)59(9)17-16-54-51(66)70-52(6,7)8)47(57-39)46-48-45(33(5)40(58-48)29-41(34)55-38)49(64)61(50(46)65)19-18-60-20-23-68-24-21-60/h12,14,27-29,32,36,56,58H,10-11,13,15-26H2,1-9H3,(H,54,66)/b14-12+,37-27?,38-28?,39-27?,40-29?,41-29?,42-28?,47-46?/t32-,36-/m0/s1. The maximum absolute atomic E-state index is 15.2. The van der Waals surface area contributed by atoms with Crippen LogP contribution in [0.3, 0.4) is 0 Å². The third kappa shape index (κ3) is 11.7. The molecule has 0 radical (unpaired) electrons. The van der Waals surface area contributed by atoms with Gasteiger partial charge in [-0.2, -0.15) is 0 Å². The molecular formula is C52H67BrN8O9. The molecule has 3 aromatic heterocycles. The van der Waals surface area contributed by atoms with Crippen molar-refractivity contribution in [3.63, 3.8) is 0 Å². The van der Waals surface area contributed by atoms with Gasteiger partial charge in [-0.15, -0.1) is 0 Å². The van der Waals surface area contributed by atoms with Crippen molar-refractivity contribution in [3.05, 3.63) is 74.9 Å². The van der Waals surface area contributed by atoms with Crippen LogP contribution in [-0.2, 0) is 28.5 Å². The molecule has 4 amide bonds. The van der Waals surface area contributed by atoms with Gasteiger partial charge in [-0.1, -0.05) is 29.8 Å². The monoisotopic (exact) mass is 1030 g/mol. The first-order valence-electron chi connectivity index (χ1n) is 24.2.